The fourth-order valence-corrected chi connectivity index (χ4v) is 27.3. The van der Waals surface area contributed by atoms with Crippen LogP contribution >= 0.6 is 0 Å². The van der Waals surface area contributed by atoms with Gasteiger partial charge in [-0.3, -0.25) is 0 Å². The largest absolute Gasteiger partial charge is 0.390 e. The molecule has 0 aromatic heterocycles. The molecular weight excluding hydrogens is 1430 g/mol. The molecule has 0 heterocycles. The molecule has 0 N–H and O–H groups in total. The van der Waals surface area contributed by atoms with Gasteiger partial charge in [0.1, 0.15) is 0 Å². The van der Waals surface area contributed by atoms with Crippen LogP contribution in [-0.4, -0.2) is 179 Å². The van der Waals surface area contributed by atoms with Crippen molar-refractivity contribution in [3.05, 3.63) is 24.3 Å². The first-order valence-electron chi connectivity index (χ1n) is 20.4. The van der Waals surface area contributed by atoms with E-state index >= 15 is 0 Å². The molecule has 0 aliphatic carbocycles. The summed E-state index contributed by atoms with van der Waals surface area (Å²) < 4.78 is 438. The van der Waals surface area contributed by atoms with Gasteiger partial charge in [0.2, 0.25) is 0 Å². The van der Waals surface area contributed by atoms with Crippen LogP contribution < -0.4 is 10.4 Å². The van der Waals surface area contributed by atoms with Gasteiger partial charge in [0.25, 0.3) is 0 Å². The lowest BCUT2D eigenvalue weighted by Crippen LogP contribution is -2.52. The first-order chi connectivity index (χ1) is 35.2. The Hall–Kier alpha value is -2.03. The van der Waals surface area contributed by atoms with Crippen molar-refractivity contribution < 1.29 is 148 Å². The third-order valence-corrected chi connectivity index (χ3v) is 36.4. The lowest BCUT2D eigenvalue weighted by atomic mass is 10.4. The zero-order valence-corrected chi connectivity index (χ0v) is 50.8. The topological polar surface area (TPSA) is 429 Å². The van der Waals surface area contributed by atoms with Crippen LogP contribution in [-0.2, 0) is 125 Å². The van der Waals surface area contributed by atoms with Gasteiger partial charge in [-0.2, -0.15) is 101 Å². The van der Waals surface area contributed by atoms with Crippen molar-refractivity contribution in [3.8, 4) is 0 Å². The van der Waals surface area contributed by atoms with Crippen molar-refractivity contribution in [2.24, 2.45) is 0 Å². The van der Waals surface area contributed by atoms with E-state index in [2.05, 4.69) is 0 Å². The summed E-state index contributed by atoms with van der Waals surface area (Å²) in [5, 5.41) is -0.987. The van der Waals surface area contributed by atoms with E-state index in [0.717, 1.165) is 0 Å². The average Bonchev–Trinajstić information content (AvgIpc) is 3.18. The van der Waals surface area contributed by atoms with Crippen molar-refractivity contribution in [1.29, 1.82) is 0 Å². The fourth-order valence-electron chi connectivity index (χ4n) is 8.02. The highest BCUT2D eigenvalue weighted by atomic mass is 32.3. The van der Waals surface area contributed by atoms with Crippen LogP contribution in [0.15, 0.2) is 24.3 Å². The Labute approximate surface area is 456 Å². The van der Waals surface area contributed by atoms with E-state index in [4.69, 9.17) is 0 Å². The maximum atomic E-state index is 14.0. The molecule has 0 radical (unpaired) electrons. The molecule has 1 aromatic rings. The molecule has 0 aliphatic heterocycles. The third kappa shape index (κ3) is 23.8. The van der Waals surface area contributed by atoms with Gasteiger partial charge in [-0.1, -0.05) is 118 Å². The van der Waals surface area contributed by atoms with Crippen molar-refractivity contribution in [3.63, 3.8) is 0 Å². The number of halogens is 12. The maximum Gasteiger partial charge on any atom is 0.390 e. The van der Waals surface area contributed by atoms with Gasteiger partial charge in [-0.15, -0.1) is 0 Å². The van der Waals surface area contributed by atoms with E-state index in [1.807, 2.05) is 0 Å². The molecule has 0 saturated carbocycles. The van der Waals surface area contributed by atoms with E-state index in [0.29, 0.717) is 24.3 Å². The predicted molar refractivity (Wildman–Crippen MR) is 254 cm³/mol. The minimum absolute atomic E-state index is 0.493. The first-order valence-corrected chi connectivity index (χ1v) is 41.7. The van der Waals surface area contributed by atoms with Crippen molar-refractivity contribution in [1.82, 2.24) is 22.3 Å². The number of benzene rings is 1. The van der Waals surface area contributed by atoms with Gasteiger partial charge in [0, 0.05) is 39.3 Å². The smallest absolute Gasteiger partial charge is 0.176 e. The zero-order chi connectivity index (χ0) is 63.2. The van der Waals surface area contributed by atoms with Gasteiger partial charge in [-0.05, 0) is 60.8 Å². The molecule has 0 unspecified atom stereocenters. The Morgan fingerprint density at radius 1 is 0.225 bits per heavy atom. The van der Waals surface area contributed by atoms with Crippen molar-refractivity contribution in [2.75, 3.05) is 39.3 Å². The summed E-state index contributed by atoms with van der Waals surface area (Å²) in [6.07, 6.45) is -7.41. The monoisotopic (exact) mass is 1460 g/mol. The zero-order valence-electron chi connectivity index (χ0n) is 39.0. The van der Waals surface area contributed by atoms with Gasteiger partial charge >= 0.3 is 125 Å². The summed E-state index contributed by atoms with van der Waals surface area (Å²) in [5.74, 6) is 0. The van der Waals surface area contributed by atoms with Gasteiger partial charge in [0.05, 0.1) is 16.1 Å². The Morgan fingerprint density at radius 2 is 0.325 bits per heavy atom. The summed E-state index contributed by atoms with van der Waals surface area (Å²) in [7, 11) is -88.9. The summed E-state index contributed by atoms with van der Waals surface area (Å²) in [4.78, 5) is 0. The Morgan fingerprint density at radius 3 is 0.412 bits per heavy atom. The Kier molecular flexibility index (Phi) is 25.8. The quantitative estimate of drug-likeness (QED) is 0.0467. The number of rotatable bonds is 38. The van der Waals surface area contributed by atoms with E-state index in [9.17, 15) is 148 Å². The van der Waals surface area contributed by atoms with E-state index in [1.165, 1.54) is 0 Å². The van der Waals surface area contributed by atoms with Crippen LogP contribution in [0.2, 0.25) is 36.3 Å². The van der Waals surface area contributed by atoms with Gasteiger partial charge < -0.3 is 0 Å². The third-order valence-electron chi connectivity index (χ3n) is 11.0. The molecule has 0 amide bonds. The molecule has 0 atom stereocenters. The van der Waals surface area contributed by atoms with Crippen LogP contribution in [0.3, 0.4) is 0 Å². The summed E-state index contributed by atoms with van der Waals surface area (Å²) in [6, 6.07) is -3.44. The van der Waals surface area contributed by atoms with Crippen LogP contribution in [0.5, 0.6) is 0 Å². The lowest BCUT2D eigenvalue weighted by Gasteiger charge is -2.36. The van der Waals surface area contributed by atoms with Crippen LogP contribution in [0, 0.1) is 0 Å². The highest BCUT2D eigenvalue weighted by Crippen LogP contribution is 2.33. The lowest BCUT2D eigenvalue weighted by molar-refractivity contribution is 0.435. The molecule has 474 valence electrons. The van der Waals surface area contributed by atoms with E-state index in [-0.39, 0.29) is 0 Å². The Bertz CT molecular complexity index is 3010. The second kappa shape index (κ2) is 27.1. The molecule has 1 rings (SSSR count). The molecule has 30 nitrogen and oxygen atoms in total. The van der Waals surface area contributed by atoms with Crippen molar-refractivity contribution in [2.45, 2.75) is 74.8 Å². The number of nitrogens with zero attached hydrogens (tertiary/aromatic N) is 6. The van der Waals surface area contributed by atoms with Gasteiger partial charge in [-0.25, -0.2) is 0 Å². The summed E-state index contributed by atoms with van der Waals surface area (Å²) in [5.41, 5.74) is 0. The predicted octanol–water partition coefficient (Wildman–Crippen LogP) is -0.278. The highest BCUT2D eigenvalue weighted by Gasteiger charge is 2.45. The molecule has 0 fully saturated rings. The summed E-state index contributed by atoms with van der Waals surface area (Å²) in [6.45, 7) is -10.9. The Balaban J connectivity index is 4.69. The molecule has 56 heteroatoms. The highest BCUT2D eigenvalue weighted by molar-refractivity contribution is 8.01. The van der Waals surface area contributed by atoms with E-state index in [1.54, 1.807) is 0 Å². The summed E-state index contributed by atoms with van der Waals surface area (Å²) >= 11 is 0. The van der Waals surface area contributed by atoms with Crippen LogP contribution in [0.25, 0.3) is 0 Å². The SMILES string of the molecule is O=S(=O)(F)N(CCC[Si](CCCN(S(=O)(=O)F)S(=O)(=O)F)(CCCN(S(=O)(=O)F)S(=O)(=O)F)c1ccc([Si](CCCN(S(=O)(=O)F)S(=O)(=O)F)(CCCN(S(=O)(=O)F)S(=O)(=O)F)CCCN(S(=O)(=O)F)S(=O)(=O)F)cc1)S(=O)(=O)F. The molecule has 0 bridgehead atoms. The molecule has 0 saturated heterocycles. The second-order valence-corrected chi connectivity index (χ2v) is 41.9. The standard InChI is InChI=1S/C24H40F12N6O24S12Si2/c25-67(43,44)37(68(26,45)46)11-1-17-79(18-2-12-38(69(27,47)48)70(28,49)50,19-3-13-39(71(29,51)52)72(30,53)54)23-7-9-24(10-8-23)80(20-4-14-40(73(31,55)56)74(32,57)58,21-5-15-41(75(33,59)60)76(34,61)62)22-6-16-42(77(35,63)64)78(36,65)66/h7-10H,1-6,11-22H2. The average molecular weight is 1470 g/mol. The van der Waals surface area contributed by atoms with Gasteiger partial charge in [0.15, 0.2) is 0 Å². The fraction of sp³-hybridized carbons (Fsp3) is 0.750. The molecule has 0 aliphatic rings. The second-order valence-electron chi connectivity index (χ2n) is 16.0. The normalized spacial score (nSPS) is 15.0. The molecular formula is C24H40F12N6O24S12Si2. The minimum atomic E-state index is -6.63. The number of hydrogen-bond acceptors (Lipinski definition) is 24. The molecule has 1 aromatic carbocycles. The van der Waals surface area contributed by atoms with Crippen molar-refractivity contribution >= 4 is 151 Å². The maximum absolute atomic E-state index is 14.0. The van der Waals surface area contributed by atoms with Crippen LogP contribution in [0.4, 0.5) is 46.6 Å². The number of hydrogen-bond donors (Lipinski definition) is 0. The van der Waals surface area contributed by atoms with Crippen LogP contribution in [0.1, 0.15) is 38.5 Å². The minimum Gasteiger partial charge on any atom is -0.176 e. The first kappa shape index (κ1) is 76.0. The molecule has 0 spiro atoms. The van der Waals surface area contributed by atoms with E-state index < -0.39 is 288 Å². The molecule has 80 heavy (non-hydrogen) atoms.